The SMILES string of the molecule is O=P(O)(O)CCc1cccc2c1N(O)c1ccccc1S2. The number of para-hydroxylation sites is 2. The predicted octanol–water partition coefficient (Wildman–Crippen LogP) is 3.40. The van der Waals surface area contributed by atoms with Crippen LogP contribution in [0.25, 0.3) is 0 Å². The van der Waals surface area contributed by atoms with Crippen LogP contribution >= 0.6 is 19.4 Å². The van der Waals surface area contributed by atoms with Crippen molar-refractivity contribution in [1.82, 2.24) is 0 Å². The average molecular weight is 323 g/mol. The second-order valence-electron chi connectivity index (χ2n) is 4.78. The molecule has 5 nitrogen and oxygen atoms in total. The van der Waals surface area contributed by atoms with Crippen molar-refractivity contribution in [3.8, 4) is 0 Å². The maximum Gasteiger partial charge on any atom is 0.325 e. The van der Waals surface area contributed by atoms with E-state index in [1.165, 1.54) is 11.8 Å². The van der Waals surface area contributed by atoms with Crippen LogP contribution in [0.5, 0.6) is 0 Å². The van der Waals surface area contributed by atoms with Gasteiger partial charge in [-0.25, -0.2) is 5.06 Å². The molecule has 0 atom stereocenters. The van der Waals surface area contributed by atoms with Gasteiger partial charge in [-0.3, -0.25) is 9.77 Å². The van der Waals surface area contributed by atoms with Crippen molar-refractivity contribution in [3.63, 3.8) is 0 Å². The van der Waals surface area contributed by atoms with E-state index in [-0.39, 0.29) is 12.6 Å². The second kappa shape index (κ2) is 5.48. The largest absolute Gasteiger partial charge is 0.325 e. The minimum atomic E-state index is -4.06. The number of hydrogen-bond acceptors (Lipinski definition) is 4. The summed E-state index contributed by atoms with van der Waals surface area (Å²) in [5.74, 6) is 0. The van der Waals surface area contributed by atoms with Crippen molar-refractivity contribution in [2.75, 3.05) is 11.2 Å². The van der Waals surface area contributed by atoms with Crippen LogP contribution in [0.4, 0.5) is 11.4 Å². The Hall–Kier alpha value is -1.30. The molecular formula is C14H14NO4PS. The average Bonchev–Trinajstić information content (AvgIpc) is 2.44. The van der Waals surface area contributed by atoms with Crippen molar-refractivity contribution in [1.29, 1.82) is 0 Å². The highest BCUT2D eigenvalue weighted by Crippen LogP contribution is 2.49. The first-order chi connectivity index (χ1) is 9.96. The smallest absolute Gasteiger partial charge is 0.324 e. The Labute approximate surface area is 126 Å². The first-order valence-corrected chi connectivity index (χ1v) is 8.99. The van der Waals surface area contributed by atoms with Crippen LogP contribution in [0.3, 0.4) is 0 Å². The topological polar surface area (TPSA) is 81.0 Å². The summed E-state index contributed by atoms with van der Waals surface area (Å²) in [6.45, 7) is 0. The quantitative estimate of drug-likeness (QED) is 0.751. The van der Waals surface area contributed by atoms with Gasteiger partial charge in [-0.15, -0.1) is 0 Å². The Morgan fingerprint density at radius 1 is 1.05 bits per heavy atom. The van der Waals surface area contributed by atoms with Crippen LogP contribution in [0.15, 0.2) is 52.3 Å². The van der Waals surface area contributed by atoms with Gasteiger partial charge >= 0.3 is 7.60 Å². The van der Waals surface area contributed by atoms with Gasteiger partial charge in [0.1, 0.15) is 0 Å². The Morgan fingerprint density at radius 2 is 1.76 bits per heavy atom. The molecule has 3 N–H and O–H groups in total. The molecule has 1 aliphatic heterocycles. The van der Waals surface area contributed by atoms with Gasteiger partial charge in [0, 0.05) is 9.79 Å². The van der Waals surface area contributed by atoms with Gasteiger partial charge < -0.3 is 9.79 Å². The molecule has 0 unspecified atom stereocenters. The molecule has 21 heavy (non-hydrogen) atoms. The molecular weight excluding hydrogens is 309 g/mol. The fraction of sp³-hybridized carbons (Fsp3) is 0.143. The molecule has 1 aliphatic rings. The molecule has 3 rings (SSSR count). The van der Waals surface area contributed by atoms with E-state index >= 15 is 0 Å². The van der Waals surface area contributed by atoms with Gasteiger partial charge in [-0.1, -0.05) is 36.0 Å². The van der Waals surface area contributed by atoms with Crippen molar-refractivity contribution in [2.45, 2.75) is 16.2 Å². The lowest BCUT2D eigenvalue weighted by atomic mass is 10.1. The molecule has 0 spiro atoms. The lowest BCUT2D eigenvalue weighted by Crippen LogP contribution is -2.17. The van der Waals surface area contributed by atoms with Gasteiger partial charge in [0.2, 0.25) is 0 Å². The van der Waals surface area contributed by atoms with E-state index < -0.39 is 7.60 Å². The first kappa shape index (κ1) is 14.6. The number of anilines is 2. The maximum atomic E-state index is 11.1. The summed E-state index contributed by atoms with van der Waals surface area (Å²) in [4.78, 5) is 19.9. The van der Waals surface area contributed by atoms with E-state index in [1.807, 2.05) is 36.4 Å². The number of nitrogens with zero attached hydrogens (tertiary/aromatic N) is 1. The fourth-order valence-electron chi connectivity index (χ4n) is 2.32. The van der Waals surface area contributed by atoms with Crippen molar-refractivity contribution in [2.24, 2.45) is 0 Å². The van der Waals surface area contributed by atoms with Crippen molar-refractivity contribution >= 4 is 30.7 Å². The molecule has 110 valence electrons. The van der Waals surface area contributed by atoms with Gasteiger partial charge in [-0.05, 0) is 30.2 Å². The fourth-order valence-corrected chi connectivity index (χ4v) is 3.95. The van der Waals surface area contributed by atoms with Crippen molar-refractivity contribution in [3.05, 3.63) is 48.0 Å². The number of aryl methyl sites for hydroxylation is 1. The minimum Gasteiger partial charge on any atom is -0.324 e. The molecule has 0 radical (unpaired) electrons. The van der Waals surface area contributed by atoms with Crippen LogP contribution in [-0.4, -0.2) is 21.2 Å². The summed E-state index contributed by atoms with van der Waals surface area (Å²) in [5, 5.41) is 11.6. The van der Waals surface area contributed by atoms with Crippen LogP contribution in [0.1, 0.15) is 5.56 Å². The van der Waals surface area contributed by atoms with Crippen molar-refractivity contribution < 1.29 is 19.6 Å². The van der Waals surface area contributed by atoms with Gasteiger partial charge in [-0.2, -0.15) is 0 Å². The number of rotatable bonds is 3. The highest BCUT2D eigenvalue weighted by Gasteiger charge is 2.25. The monoisotopic (exact) mass is 323 g/mol. The highest BCUT2D eigenvalue weighted by atomic mass is 32.2. The molecule has 0 fully saturated rings. The third kappa shape index (κ3) is 3.00. The van der Waals surface area contributed by atoms with E-state index in [0.29, 0.717) is 11.4 Å². The number of benzene rings is 2. The third-order valence-electron chi connectivity index (χ3n) is 3.28. The standard InChI is InChI=1S/C14H14NO4PS/c16-15-11-5-1-2-6-12(11)21-13-7-3-4-10(14(13)15)8-9-20(17,18)19/h1-7,16H,8-9H2,(H2,17,18,19). The summed E-state index contributed by atoms with van der Waals surface area (Å²) in [6, 6.07) is 13.0. The molecule has 0 aliphatic carbocycles. The zero-order valence-electron chi connectivity index (χ0n) is 11.0. The van der Waals surface area contributed by atoms with E-state index in [4.69, 9.17) is 9.79 Å². The highest BCUT2D eigenvalue weighted by molar-refractivity contribution is 7.99. The summed E-state index contributed by atoms with van der Waals surface area (Å²) >= 11 is 1.54. The predicted molar refractivity (Wildman–Crippen MR) is 81.5 cm³/mol. The zero-order chi connectivity index (χ0) is 15.0. The van der Waals surface area contributed by atoms with Crippen LogP contribution in [0.2, 0.25) is 0 Å². The lowest BCUT2D eigenvalue weighted by molar-refractivity contribution is 0.295. The summed E-state index contributed by atoms with van der Waals surface area (Å²) in [5.41, 5.74) is 2.01. The second-order valence-corrected chi connectivity index (χ2v) is 7.64. The Morgan fingerprint density at radius 3 is 2.52 bits per heavy atom. The lowest BCUT2D eigenvalue weighted by Gasteiger charge is -2.29. The van der Waals surface area contributed by atoms with Crippen LogP contribution in [0, 0.1) is 0 Å². The molecule has 0 bridgehead atoms. The van der Waals surface area contributed by atoms with E-state index in [9.17, 15) is 9.77 Å². The molecule has 2 aromatic rings. The summed E-state index contributed by atoms with van der Waals surface area (Å²) in [7, 11) is -4.06. The Balaban J connectivity index is 2.00. The van der Waals surface area contributed by atoms with Gasteiger partial charge in [0.05, 0.1) is 17.5 Å². The Bertz CT molecular complexity index is 731. The number of hydrogen-bond donors (Lipinski definition) is 3. The van der Waals surface area contributed by atoms with Crippen LogP contribution < -0.4 is 5.06 Å². The van der Waals surface area contributed by atoms with Crippen LogP contribution in [-0.2, 0) is 11.0 Å². The molecule has 0 aromatic heterocycles. The van der Waals surface area contributed by atoms with Gasteiger partial charge in [0.25, 0.3) is 0 Å². The molecule has 1 heterocycles. The Kier molecular flexibility index (Phi) is 3.82. The molecule has 0 saturated carbocycles. The molecule has 0 saturated heterocycles. The van der Waals surface area contributed by atoms with Gasteiger partial charge in [0.15, 0.2) is 0 Å². The molecule has 7 heteroatoms. The molecule has 0 amide bonds. The normalized spacial score (nSPS) is 13.8. The molecule has 2 aromatic carbocycles. The maximum absolute atomic E-state index is 11.1. The van der Waals surface area contributed by atoms with E-state index in [1.54, 1.807) is 6.07 Å². The first-order valence-electron chi connectivity index (χ1n) is 6.38. The summed E-state index contributed by atoms with van der Waals surface area (Å²) in [6.07, 6.45) is -0.0170. The zero-order valence-corrected chi connectivity index (χ0v) is 12.7. The van der Waals surface area contributed by atoms with E-state index in [2.05, 4.69) is 0 Å². The number of fused-ring (bicyclic) bond motifs is 2. The van der Waals surface area contributed by atoms with E-state index in [0.717, 1.165) is 20.4 Å². The summed E-state index contributed by atoms with van der Waals surface area (Å²) < 4.78 is 11.1. The third-order valence-corrected chi connectivity index (χ3v) is 5.20. The minimum absolute atomic E-state index is 0.216.